The van der Waals surface area contributed by atoms with Gasteiger partial charge in [-0.3, -0.25) is 14.4 Å². The molecular weight excluding hydrogens is 283 g/mol. The summed E-state index contributed by atoms with van der Waals surface area (Å²) in [5, 5.41) is 27.7. The molecule has 10 heteroatoms. The van der Waals surface area contributed by atoms with Crippen molar-refractivity contribution in [2.24, 2.45) is 5.73 Å². The summed E-state index contributed by atoms with van der Waals surface area (Å²) in [6.07, 6.45) is -1.14. The van der Waals surface area contributed by atoms with Crippen molar-refractivity contribution in [3.8, 4) is 0 Å². The first-order chi connectivity index (χ1) is 8.73. The summed E-state index contributed by atoms with van der Waals surface area (Å²) in [4.78, 5) is 42.9. The van der Waals surface area contributed by atoms with E-state index in [1.54, 1.807) is 0 Å². The average molecular weight is 300 g/mol. The Bertz CT molecular complexity index is 375. The molecule has 0 aliphatic heterocycles. The van der Waals surface area contributed by atoms with Gasteiger partial charge in [-0.15, -0.1) is 0 Å². The van der Waals surface area contributed by atoms with Crippen LogP contribution in [0.3, 0.4) is 0 Å². The van der Waals surface area contributed by atoms with Gasteiger partial charge < -0.3 is 26.4 Å². The fourth-order valence-corrected chi connectivity index (χ4v) is 1.21. The van der Waals surface area contributed by atoms with Gasteiger partial charge in [-0.1, -0.05) is 0 Å². The zero-order chi connectivity index (χ0) is 15.0. The van der Waals surface area contributed by atoms with Crippen LogP contribution in [0.5, 0.6) is 0 Å². The molecule has 9 nitrogen and oxygen atoms in total. The SMILES string of the molecule is N[C@@H](CCC(=O)O)C(=O)N[C@@H](CCC(=O)O)C(=O)O.[NaH]. The van der Waals surface area contributed by atoms with Crippen LogP contribution in [-0.4, -0.2) is 80.8 Å². The fourth-order valence-electron chi connectivity index (χ4n) is 1.21. The first-order valence-electron chi connectivity index (χ1n) is 5.46. The standard InChI is InChI=1S/C10H16N2O7.Na.H/c11-5(1-3-7(13)14)9(17)12-6(10(18)19)2-4-8(15)16;;/h5-6H,1-4,11H2,(H,12,17)(H,13,14)(H,15,16)(H,18,19);;/t5-,6-;;/m0../s1. The Morgan fingerprint density at radius 1 is 0.950 bits per heavy atom. The van der Waals surface area contributed by atoms with Crippen molar-refractivity contribution in [1.82, 2.24) is 5.32 Å². The quantitative estimate of drug-likeness (QED) is 0.304. The molecule has 20 heavy (non-hydrogen) atoms. The third-order valence-corrected chi connectivity index (χ3v) is 2.27. The molecule has 0 spiro atoms. The van der Waals surface area contributed by atoms with Gasteiger partial charge in [0, 0.05) is 12.8 Å². The van der Waals surface area contributed by atoms with Crippen LogP contribution in [-0.2, 0) is 19.2 Å². The van der Waals surface area contributed by atoms with E-state index < -0.39 is 42.3 Å². The molecule has 0 rings (SSSR count). The molecule has 0 saturated heterocycles. The molecule has 0 fully saturated rings. The second kappa shape index (κ2) is 10.6. The van der Waals surface area contributed by atoms with Gasteiger partial charge >= 0.3 is 47.5 Å². The van der Waals surface area contributed by atoms with E-state index in [-0.39, 0.29) is 48.8 Å². The molecule has 0 bridgehead atoms. The number of carbonyl (C=O) groups excluding carboxylic acids is 1. The van der Waals surface area contributed by atoms with Gasteiger partial charge in [0.1, 0.15) is 6.04 Å². The van der Waals surface area contributed by atoms with E-state index in [1.807, 2.05) is 0 Å². The normalized spacial score (nSPS) is 12.7. The van der Waals surface area contributed by atoms with Gasteiger partial charge in [-0.25, -0.2) is 4.79 Å². The molecule has 110 valence electrons. The molecule has 6 N–H and O–H groups in total. The number of nitrogens with two attached hydrogens (primary N) is 1. The zero-order valence-corrected chi connectivity index (χ0v) is 10.0. The molecule has 0 heterocycles. The summed E-state index contributed by atoms with van der Waals surface area (Å²) in [5.41, 5.74) is 5.39. The molecule has 0 aliphatic rings. The van der Waals surface area contributed by atoms with E-state index in [2.05, 4.69) is 5.32 Å². The van der Waals surface area contributed by atoms with Crippen molar-refractivity contribution in [3.05, 3.63) is 0 Å². The zero-order valence-electron chi connectivity index (χ0n) is 10.0. The van der Waals surface area contributed by atoms with Crippen LogP contribution in [0.25, 0.3) is 0 Å². The number of hydrogen-bond donors (Lipinski definition) is 5. The van der Waals surface area contributed by atoms with Crippen LogP contribution >= 0.6 is 0 Å². The van der Waals surface area contributed by atoms with E-state index in [0.29, 0.717) is 0 Å². The van der Waals surface area contributed by atoms with Crippen LogP contribution in [0, 0.1) is 0 Å². The maximum atomic E-state index is 11.5. The van der Waals surface area contributed by atoms with Crippen molar-refractivity contribution >= 4 is 53.4 Å². The summed E-state index contributed by atoms with van der Waals surface area (Å²) in [6.45, 7) is 0. The first-order valence-corrected chi connectivity index (χ1v) is 5.46. The Balaban J connectivity index is 0. The Kier molecular flexibility index (Phi) is 11.2. The van der Waals surface area contributed by atoms with Crippen molar-refractivity contribution < 1.29 is 34.5 Å². The number of aliphatic carboxylic acids is 3. The van der Waals surface area contributed by atoms with E-state index in [9.17, 15) is 19.2 Å². The van der Waals surface area contributed by atoms with E-state index in [4.69, 9.17) is 21.1 Å². The fraction of sp³-hybridized carbons (Fsp3) is 0.600. The number of amides is 1. The van der Waals surface area contributed by atoms with Crippen LogP contribution in [0.15, 0.2) is 0 Å². The number of rotatable bonds is 9. The first kappa shape index (κ1) is 21.1. The Labute approximate surface area is 136 Å². The van der Waals surface area contributed by atoms with Crippen molar-refractivity contribution in [2.45, 2.75) is 37.8 Å². The van der Waals surface area contributed by atoms with Crippen LogP contribution in [0.4, 0.5) is 0 Å². The number of carbonyl (C=O) groups is 4. The van der Waals surface area contributed by atoms with Crippen LogP contribution in [0.2, 0.25) is 0 Å². The predicted octanol–water partition coefficient (Wildman–Crippen LogP) is -2.04. The molecule has 0 saturated carbocycles. The molecule has 0 aromatic carbocycles. The molecule has 0 aliphatic carbocycles. The van der Waals surface area contributed by atoms with E-state index in [1.165, 1.54) is 0 Å². The molecule has 0 aromatic rings. The molecule has 0 unspecified atom stereocenters. The Hall–Kier alpha value is -1.16. The van der Waals surface area contributed by atoms with Gasteiger partial charge in [0.25, 0.3) is 0 Å². The Morgan fingerprint density at radius 2 is 1.40 bits per heavy atom. The monoisotopic (exact) mass is 300 g/mol. The van der Waals surface area contributed by atoms with Crippen molar-refractivity contribution in [3.63, 3.8) is 0 Å². The number of hydrogen-bond acceptors (Lipinski definition) is 5. The molecular formula is C10H17N2NaO7. The van der Waals surface area contributed by atoms with Gasteiger partial charge in [-0.05, 0) is 12.8 Å². The summed E-state index contributed by atoms with van der Waals surface area (Å²) in [6, 6.07) is -2.51. The molecule has 2 atom stereocenters. The van der Waals surface area contributed by atoms with Gasteiger partial charge in [0.2, 0.25) is 5.91 Å². The van der Waals surface area contributed by atoms with Gasteiger partial charge in [0.15, 0.2) is 0 Å². The summed E-state index contributed by atoms with van der Waals surface area (Å²) >= 11 is 0. The molecule has 1 amide bonds. The third-order valence-electron chi connectivity index (χ3n) is 2.27. The second-order valence-corrected chi connectivity index (χ2v) is 3.87. The Morgan fingerprint density at radius 3 is 1.80 bits per heavy atom. The third kappa shape index (κ3) is 9.73. The van der Waals surface area contributed by atoms with Crippen LogP contribution in [0.1, 0.15) is 25.7 Å². The second-order valence-electron chi connectivity index (χ2n) is 3.87. The summed E-state index contributed by atoms with van der Waals surface area (Å²) in [7, 11) is 0. The van der Waals surface area contributed by atoms with Gasteiger partial charge in [-0.2, -0.15) is 0 Å². The molecule has 0 aromatic heterocycles. The van der Waals surface area contributed by atoms with Crippen LogP contribution < -0.4 is 11.1 Å². The number of nitrogens with one attached hydrogen (secondary N) is 1. The molecule has 0 radical (unpaired) electrons. The summed E-state index contributed by atoms with van der Waals surface area (Å²) in [5.74, 6) is -4.50. The van der Waals surface area contributed by atoms with Gasteiger partial charge in [0.05, 0.1) is 6.04 Å². The minimum absolute atomic E-state index is 0. The summed E-state index contributed by atoms with van der Waals surface area (Å²) < 4.78 is 0. The van der Waals surface area contributed by atoms with Crippen molar-refractivity contribution in [2.75, 3.05) is 0 Å². The van der Waals surface area contributed by atoms with E-state index >= 15 is 0 Å². The number of carboxylic acids is 3. The number of carboxylic acid groups (broad SMARTS) is 3. The van der Waals surface area contributed by atoms with E-state index in [0.717, 1.165) is 0 Å². The predicted molar refractivity (Wildman–Crippen MR) is 68.4 cm³/mol. The maximum absolute atomic E-state index is 11.5. The average Bonchev–Trinajstić information content (AvgIpc) is 2.30. The minimum atomic E-state index is -1.37. The topological polar surface area (TPSA) is 167 Å². The van der Waals surface area contributed by atoms with Crippen molar-refractivity contribution in [1.29, 1.82) is 0 Å².